The molecule has 5 N–H and O–H groups in total. The van der Waals surface area contributed by atoms with Gasteiger partial charge in [-0.2, -0.15) is 4.98 Å². The summed E-state index contributed by atoms with van der Waals surface area (Å²) in [5, 5.41) is 16.2. The number of benzene rings is 1. The van der Waals surface area contributed by atoms with Gasteiger partial charge in [-0.05, 0) is 50.9 Å². The number of halogens is 3. The number of hydrogen-bond acceptors (Lipinski definition) is 7. The van der Waals surface area contributed by atoms with Crippen LogP contribution in [0.25, 0.3) is 11.2 Å². The van der Waals surface area contributed by atoms with Crippen LogP contribution in [0.2, 0.25) is 0 Å². The molecule has 2 aliphatic rings. The van der Waals surface area contributed by atoms with Gasteiger partial charge in [-0.1, -0.05) is 6.92 Å². The second-order valence-corrected chi connectivity index (χ2v) is 10.2. The van der Waals surface area contributed by atoms with E-state index in [-0.39, 0.29) is 35.8 Å². The van der Waals surface area contributed by atoms with Crippen LogP contribution in [0.15, 0.2) is 18.3 Å². The van der Waals surface area contributed by atoms with Crippen LogP contribution in [-0.4, -0.2) is 42.7 Å². The molecule has 0 bridgehead atoms. The highest BCUT2D eigenvalue weighted by Crippen LogP contribution is 2.37. The van der Waals surface area contributed by atoms with Crippen molar-refractivity contribution in [2.75, 3.05) is 10.6 Å². The van der Waals surface area contributed by atoms with Crippen LogP contribution in [0.3, 0.4) is 0 Å². The minimum absolute atomic E-state index is 0.00558. The van der Waals surface area contributed by atoms with Crippen molar-refractivity contribution >= 4 is 34.7 Å². The number of primary amides is 1. The predicted molar refractivity (Wildman–Crippen MR) is 132 cm³/mol. The Morgan fingerprint density at radius 3 is 2.43 bits per heavy atom. The maximum atomic E-state index is 14.5. The highest BCUT2D eigenvalue weighted by molar-refractivity contribution is 5.78. The SMILES string of the molecule is C[C@@H]1CC[C@@H](Nc2ncc3nc(Nc4c(F)cc(F)cc4F)n(C4CCC(C(N)=O)CC4)c3n2)C[C@H]1O. The molecule has 0 radical (unpaired) electrons. The molecule has 0 spiro atoms. The van der Waals surface area contributed by atoms with Crippen molar-refractivity contribution in [1.29, 1.82) is 0 Å². The maximum Gasteiger partial charge on any atom is 0.224 e. The number of nitrogens with two attached hydrogens (primary N) is 1. The fourth-order valence-electron chi connectivity index (χ4n) is 5.40. The van der Waals surface area contributed by atoms with Gasteiger partial charge in [0.1, 0.15) is 17.0 Å². The van der Waals surface area contributed by atoms with E-state index in [1.54, 1.807) is 4.57 Å². The number of aliphatic hydroxyl groups is 1. The fourth-order valence-corrected chi connectivity index (χ4v) is 5.40. The summed E-state index contributed by atoms with van der Waals surface area (Å²) in [6.07, 6.45) is 5.74. The first-order chi connectivity index (χ1) is 17.7. The number of carbonyl (C=O) groups excluding carboxylic acids is 1. The van der Waals surface area contributed by atoms with Crippen molar-refractivity contribution in [3.8, 4) is 0 Å². The molecule has 5 rings (SSSR count). The van der Waals surface area contributed by atoms with Crippen LogP contribution < -0.4 is 16.4 Å². The molecular formula is C25H30F3N7O2. The smallest absolute Gasteiger partial charge is 0.224 e. The zero-order valence-corrected chi connectivity index (χ0v) is 20.4. The first-order valence-corrected chi connectivity index (χ1v) is 12.6. The molecule has 3 atom stereocenters. The number of hydrogen-bond donors (Lipinski definition) is 4. The summed E-state index contributed by atoms with van der Waals surface area (Å²) < 4.78 is 44.1. The number of aliphatic hydroxyl groups excluding tert-OH is 1. The molecule has 2 aromatic heterocycles. The Kier molecular flexibility index (Phi) is 6.93. The summed E-state index contributed by atoms with van der Waals surface area (Å²) >= 11 is 0. The van der Waals surface area contributed by atoms with Gasteiger partial charge >= 0.3 is 0 Å². The average molecular weight is 518 g/mol. The predicted octanol–water partition coefficient (Wildman–Crippen LogP) is 4.17. The van der Waals surface area contributed by atoms with Gasteiger partial charge in [0, 0.05) is 30.1 Å². The molecule has 198 valence electrons. The molecule has 1 aromatic carbocycles. The van der Waals surface area contributed by atoms with Crippen molar-refractivity contribution in [2.24, 2.45) is 17.6 Å². The summed E-state index contributed by atoms with van der Waals surface area (Å²) in [7, 11) is 0. The molecule has 2 saturated carbocycles. The van der Waals surface area contributed by atoms with Gasteiger partial charge < -0.3 is 21.5 Å². The zero-order chi connectivity index (χ0) is 26.3. The molecule has 2 heterocycles. The highest BCUT2D eigenvalue weighted by Gasteiger charge is 2.30. The molecule has 9 nitrogen and oxygen atoms in total. The first kappa shape index (κ1) is 25.2. The fraction of sp³-hybridized carbons (Fsp3) is 0.520. The Hall–Kier alpha value is -3.41. The Morgan fingerprint density at radius 1 is 1.08 bits per heavy atom. The number of rotatable bonds is 6. The monoisotopic (exact) mass is 517 g/mol. The van der Waals surface area contributed by atoms with E-state index in [4.69, 9.17) is 5.73 Å². The Bertz CT molecular complexity index is 1290. The average Bonchev–Trinajstić information content (AvgIpc) is 3.21. The van der Waals surface area contributed by atoms with E-state index < -0.39 is 29.2 Å². The summed E-state index contributed by atoms with van der Waals surface area (Å²) in [5.74, 6) is -3.06. The van der Waals surface area contributed by atoms with E-state index in [1.165, 1.54) is 6.20 Å². The molecule has 12 heteroatoms. The molecule has 0 unspecified atom stereocenters. The quantitative estimate of drug-likeness (QED) is 0.386. The number of carbonyl (C=O) groups is 1. The number of aromatic nitrogens is 4. The molecule has 3 aromatic rings. The third-order valence-electron chi connectivity index (χ3n) is 7.63. The number of imidazole rings is 1. The normalized spacial score (nSPS) is 26.2. The van der Waals surface area contributed by atoms with Gasteiger partial charge in [-0.3, -0.25) is 9.36 Å². The molecule has 0 aliphatic heterocycles. The number of amides is 1. The van der Waals surface area contributed by atoms with Gasteiger partial charge in [0.05, 0.1) is 12.3 Å². The van der Waals surface area contributed by atoms with Crippen LogP contribution in [0, 0.1) is 29.3 Å². The Labute approximate surface area is 211 Å². The van der Waals surface area contributed by atoms with Crippen LogP contribution in [0.4, 0.5) is 30.8 Å². The maximum absolute atomic E-state index is 14.5. The molecule has 0 saturated heterocycles. The number of fused-ring (bicyclic) bond motifs is 1. The second-order valence-electron chi connectivity index (χ2n) is 10.2. The summed E-state index contributed by atoms with van der Waals surface area (Å²) in [4.78, 5) is 25.2. The van der Waals surface area contributed by atoms with E-state index in [0.717, 1.165) is 12.8 Å². The Morgan fingerprint density at radius 2 is 1.78 bits per heavy atom. The third kappa shape index (κ3) is 5.20. The van der Waals surface area contributed by atoms with E-state index in [9.17, 15) is 23.1 Å². The molecule has 2 fully saturated rings. The van der Waals surface area contributed by atoms with E-state index in [0.29, 0.717) is 61.3 Å². The lowest BCUT2D eigenvalue weighted by atomic mass is 9.85. The summed E-state index contributed by atoms with van der Waals surface area (Å²) in [6, 6.07) is 1.02. The first-order valence-electron chi connectivity index (χ1n) is 12.6. The van der Waals surface area contributed by atoms with Crippen LogP contribution in [0.5, 0.6) is 0 Å². The lowest BCUT2D eigenvalue weighted by Crippen LogP contribution is -2.35. The number of nitrogens with one attached hydrogen (secondary N) is 2. The third-order valence-corrected chi connectivity index (χ3v) is 7.63. The molecule has 2 aliphatic carbocycles. The van der Waals surface area contributed by atoms with Crippen LogP contribution in [0.1, 0.15) is 57.9 Å². The lowest BCUT2D eigenvalue weighted by molar-refractivity contribution is -0.122. The van der Waals surface area contributed by atoms with Gasteiger partial charge in [0.25, 0.3) is 0 Å². The number of nitrogens with zero attached hydrogens (tertiary/aromatic N) is 4. The van der Waals surface area contributed by atoms with Gasteiger partial charge in [-0.15, -0.1) is 0 Å². The minimum atomic E-state index is -1.09. The van der Waals surface area contributed by atoms with Crippen molar-refractivity contribution in [3.05, 3.63) is 35.8 Å². The molecule has 1 amide bonds. The highest BCUT2D eigenvalue weighted by atomic mass is 19.1. The topological polar surface area (TPSA) is 131 Å². The number of anilines is 3. The lowest BCUT2D eigenvalue weighted by Gasteiger charge is -2.31. The largest absolute Gasteiger partial charge is 0.393 e. The van der Waals surface area contributed by atoms with E-state index >= 15 is 0 Å². The van der Waals surface area contributed by atoms with Crippen molar-refractivity contribution in [1.82, 2.24) is 19.5 Å². The standard InChI is InChI=1S/C25H30F3N7O2/c1-12-2-5-15(10-20(12)36)31-24-30-11-19-23(34-24)35(16-6-3-13(4-7-16)22(29)37)25(32-19)33-21-17(27)8-14(26)9-18(21)28/h8-9,11-13,15-16,20,36H,2-7,10H2,1H3,(H2,29,37)(H,32,33)(H,30,31,34)/t12-,13?,15-,16?,20-/m1/s1. The van der Waals surface area contributed by atoms with Crippen LogP contribution in [-0.2, 0) is 4.79 Å². The van der Waals surface area contributed by atoms with E-state index in [2.05, 4.69) is 25.6 Å². The summed E-state index contributed by atoms with van der Waals surface area (Å²) in [6.45, 7) is 2.02. The van der Waals surface area contributed by atoms with E-state index in [1.807, 2.05) is 6.92 Å². The van der Waals surface area contributed by atoms with Crippen molar-refractivity contribution in [2.45, 2.75) is 70.1 Å². The van der Waals surface area contributed by atoms with Gasteiger partial charge in [0.2, 0.25) is 17.8 Å². The van der Waals surface area contributed by atoms with Gasteiger partial charge in [-0.25, -0.2) is 23.1 Å². The molecule has 37 heavy (non-hydrogen) atoms. The Balaban J connectivity index is 1.50. The zero-order valence-electron chi connectivity index (χ0n) is 20.4. The molecular weight excluding hydrogens is 487 g/mol. The van der Waals surface area contributed by atoms with Gasteiger partial charge in [0.15, 0.2) is 17.3 Å². The van der Waals surface area contributed by atoms with Crippen LogP contribution >= 0.6 is 0 Å². The minimum Gasteiger partial charge on any atom is -0.393 e. The van der Waals surface area contributed by atoms with Crippen molar-refractivity contribution in [3.63, 3.8) is 0 Å². The van der Waals surface area contributed by atoms with Crippen molar-refractivity contribution < 1.29 is 23.1 Å². The second kappa shape index (κ2) is 10.2. The summed E-state index contributed by atoms with van der Waals surface area (Å²) in [5.41, 5.74) is 5.83.